The van der Waals surface area contributed by atoms with E-state index < -0.39 is 0 Å². The standard InChI is InChI=1S/C18H25NO3/c1-7-20-17-9-15(13(5)21-11(2)3)8-16(10-17)18-12(4)19-22-14(18)6/h8-11,13H,7H2,1-6H3. The van der Waals surface area contributed by atoms with Crippen molar-refractivity contribution in [3.63, 3.8) is 0 Å². The zero-order chi connectivity index (χ0) is 16.3. The van der Waals surface area contributed by atoms with E-state index in [0.29, 0.717) is 6.61 Å². The summed E-state index contributed by atoms with van der Waals surface area (Å²) in [6.07, 6.45) is 0.174. The number of ether oxygens (including phenoxy) is 2. The first-order chi connectivity index (χ1) is 10.4. The summed E-state index contributed by atoms with van der Waals surface area (Å²) >= 11 is 0. The van der Waals surface area contributed by atoms with Gasteiger partial charge in [0.1, 0.15) is 11.5 Å². The van der Waals surface area contributed by atoms with Crippen molar-refractivity contribution in [3.05, 3.63) is 35.2 Å². The van der Waals surface area contributed by atoms with E-state index in [0.717, 1.165) is 33.9 Å². The van der Waals surface area contributed by atoms with Crippen LogP contribution in [-0.4, -0.2) is 17.9 Å². The summed E-state index contributed by atoms with van der Waals surface area (Å²) < 4.78 is 16.9. The molecular formula is C18H25NO3. The van der Waals surface area contributed by atoms with E-state index in [-0.39, 0.29) is 12.2 Å². The molecule has 0 amide bonds. The van der Waals surface area contributed by atoms with Gasteiger partial charge in [0.25, 0.3) is 0 Å². The topological polar surface area (TPSA) is 44.5 Å². The molecule has 22 heavy (non-hydrogen) atoms. The van der Waals surface area contributed by atoms with Crippen LogP contribution in [0.5, 0.6) is 5.75 Å². The molecule has 0 aliphatic carbocycles. The van der Waals surface area contributed by atoms with Gasteiger partial charge in [-0.1, -0.05) is 5.16 Å². The summed E-state index contributed by atoms with van der Waals surface area (Å²) in [5.74, 6) is 1.66. The van der Waals surface area contributed by atoms with Crippen LogP contribution in [0.4, 0.5) is 0 Å². The van der Waals surface area contributed by atoms with Gasteiger partial charge >= 0.3 is 0 Å². The minimum atomic E-state index is -0.000344. The number of nitrogens with zero attached hydrogens (tertiary/aromatic N) is 1. The van der Waals surface area contributed by atoms with Crippen molar-refractivity contribution in [2.24, 2.45) is 0 Å². The Hall–Kier alpha value is -1.81. The van der Waals surface area contributed by atoms with E-state index in [2.05, 4.69) is 18.1 Å². The summed E-state index contributed by atoms with van der Waals surface area (Å²) in [5.41, 5.74) is 4.06. The predicted octanol–water partition coefficient (Wildman–Crippen LogP) is 4.84. The van der Waals surface area contributed by atoms with Crippen LogP contribution in [0.25, 0.3) is 11.1 Å². The van der Waals surface area contributed by atoms with Crippen molar-refractivity contribution in [2.45, 2.75) is 53.8 Å². The van der Waals surface area contributed by atoms with Crippen molar-refractivity contribution in [1.29, 1.82) is 0 Å². The molecule has 0 saturated heterocycles. The molecule has 0 N–H and O–H groups in total. The van der Waals surface area contributed by atoms with Crippen LogP contribution in [0.1, 0.15) is 50.8 Å². The Morgan fingerprint density at radius 2 is 1.86 bits per heavy atom. The lowest BCUT2D eigenvalue weighted by Crippen LogP contribution is -2.08. The Bertz CT molecular complexity index is 612. The SMILES string of the molecule is CCOc1cc(-c2c(C)noc2C)cc(C(C)OC(C)C)c1. The third-order valence-electron chi connectivity index (χ3n) is 3.51. The molecule has 0 aliphatic rings. The summed E-state index contributed by atoms with van der Waals surface area (Å²) in [6, 6.07) is 6.20. The summed E-state index contributed by atoms with van der Waals surface area (Å²) in [5, 5.41) is 4.04. The Balaban J connectivity index is 2.48. The zero-order valence-electron chi connectivity index (χ0n) is 14.3. The van der Waals surface area contributed by atoms with E-state index in [1.807, 2.05) is 46.8 Å². The van der Waals surface area contributed by atoms with Gasteiger partial charge in [0.15, 0.2) is 0 Å². The van der Waals surface area contributed by atoms with Crippen LogP contribution in [0.15, 0.2) is 22.7 Å². The zero-order valence-corrected chi connectivity index (χ0v) is 14.3. The van der Waals surface area contributed by atoms with Crippen LogP contribution < -0.4 is 4.74 Å². The van der Waals surface area contributed by atoms with Crippen LogP contribution in [-0.2, 0) is 4.74 Å². The smallest absolute Gasteiger partial charge is 0.141 e. The van der Waals surface area contributed by atoms with Gasteiger partial charge in [-0.25, -0.2) is 0 Å². The molecule has 0 bridgehead atoms. The van der Waals surface area contributed by atoms with Crippen LogP contribution in [0, 0.1) is 13.8 Å². The first kappa shape index (κ1) is 16.6. The minimum absolute atomic E-state index is 0.000344. The fraction of sp³-hybridized carbons (Fsp3) is 0.500. The second kappa shape index (κ2) is 6.97. The molecule has 0 spiro atoms. The number of rotatable bonds is 6. The number of benzene rings is 1. The normalized spacial score (nSPS) is 12.7. The lowest BCUT2D eigenvalue weighted by molar-refractivity contribution is 0.0177. The van der Waals surface area contributed by atoms with Gasteiger partial charge in [0, 0.05) is 5.56 Å². The van der Waals surface area contributed by atoms with Crippen molar-refractivity contribution >= 4 is 0 Å². The van der Waals surface area contributed by atoms with Gasteiger partial charge in [-0.2, -0.15) is 0 Å². The highest BCUT2D eigenvalue weighted by Crippen LogP contribution is 2.33. The van der Waals surface area contributed by atoms with Crippen LogP contribution in [0.3, 0.4) is 0 Å². The second-order valence-electron chi connectivity index (χ2n) is 5.75. The third kappa shape index (κ3) is 3.69. The van der Waals surface area contributed by atoms with Gasteiger partial charge in [-0.3, -0.25) is 0 Å². The summed E-state index contributed by atoms with van der Waals surface area (Å²) in [4.78, 5) is 0. The third-order valence-corrected chi connectivity index (χ3v) is 3.51. The number of hydrogen-bond acceptors (Lipinski definition) is 4. The molecule has 1 aromatic carbocycles. The largest absolute Gasteiger partial charge is 0.494 e. The molecule has 0 aliphatic heterocycles. The molecule has 1 unspecified atom stereocenters. The van der Waals surface area contributed by atoms with Crippen LogP contribution >= 0.6 is 0 Å². The highest BCUT2D eigenvalue weighted by Gasteiger charge is 2.16. The molecule has 2 aromatic rings. The van der Waals surface area contributed by atoms with E-state index in [1.165, 1.54) is 0 Å². The van der Waals surface area contributed by atoms with E-state index in [1.54, 1.807) is 0 Å². The van der Waals surface area contributed by atoms with Crippen molar-refractivity contribution in [3.8, 4) is 16.9 Å². The molecule has 0 saturated carbocycles. The Kier molecular flexibility index (Phi) is 5.24. The van der Waals surface area contributed by atoms with Crippen molar-refractivity contribution < 1.29 is 14.0 Å². The first-order valence-corrected chi connectivity index (χ1v) is 7.78. The van der Waals surface area contributed by atoms with Gasteiger partial charge in [0.05, 0.1) is 24.5 Å². The number of hydrogen-bond donors (Lipinski definition) is 0. The molecule has 0 radical (unpaired) electrons. The molecule has 1 aromatic heterocycles. The fourth-order valence-electron chi connectivity index (χ4n) is 2.63. The quantitative estimate of drug-likeness (QED) is 0.765. The lowest BCUT2D eigenvalue weighted by Gasteiger charge is -2.18. The fourth-order valence-corrected chi connectivity index (χ4v) is 2.63. The highest BCUT2D eigenvalue weighted by atomic mass is 16.5. The maximum Gasteiger partial charge on any atom is 0.141 e. The molecule has 4 nitrogen and oxygen atoms in total. The molecule has 0 fully saturated rings. The Labute approximate surface area is 132 Å². The van der Waals surface area contributed by atoms with Gasteiger partial charge in [-0.05, 0) is 70.9 Å². The van der Waals surface area contributed by atoms with Crippen molar-refractivity contribution in [1.82, 2.24) is 5.16 Å². The van der Waals surface area contributed by atoms with Gasteiger partial charge in [0.2, 0.25) is 0 Å². The van der Waals surface area contributed by atoms with Crippen LogP contribution in [0.2, 0.25) is 0 Å². The maximum atomic E-state index is 5.91. The Morgan fingerprint density at radius 3 is 2.41 bits per heavy atom. The minimum Gasteiger partial charge on any atom is -0.494 e. The number of aromatic nitrogens is 1. The molecule has 1 heterocycles. The van der Waals surface area contributed by atoms with E-state index >= 15 is 0 Å². The lowest BCUT2D eigenvalue weighted by atomic mass is 9.99. The number of aryl methyl sites for hydroxylation is 2. The first-order valence-electron chi connectivity index (χ1n) is 7.78. The molecule has 120 valence electrons. The second-order valence-corrected chi connectivity index (χ2v) is 5.75. The maximum absolute atomic E-state index is 5.91. The Morgan fingerprint density at radius 1 is 1.14 bits per heavy atom. The van der Waals surface area contributed by atoms with E-state index in [9.17, 15) is 0 Å². The monoisotopic (exact) mass is 303 g/mol. The molecule has 2 rings (SSSR count). The highest BCUT2D eigenvalue weighted by molar-refractivity contribution is 5.70. The van der Waals surface area contributed by atoms with Crippen molar-refractivity contribution in [2.75, 3.05) is 6.61 Å². The molecule has 4 heteroatoms. The average molecular weight is 303 g/mol. The molecular weight excluding hydrogens is 278 g/mol. The average Bonchev–Trinajstić information content (AvgIpc) is 2.77. The molecule has 1 atom stereocenters. The van der Waals surface area contributed by atoms with Gasteiger partial charge in [-0.15, -0.1) is 0 Å². The summed E-state index contributed by atoms with van der Waals surface area (Å²) in [7, 11) is 0. The van der Waals surface area contributed by atoms with Gasteiger partial charge < -0.3 is 14.0 Å². The predicted molar refractivity (Wildman–Crippen MR) is 87.2 cm³/mol. The summed E-state index contributed by atoms with van der Waals surface area (Å²) in [6.45, 7) is 12.6. The van der Waals surface area contributed by atoms with E-state index in [4.69, 9.17) is 14.0 Å².